The minimum atomic E-state index is -4.67. The van der Waals surface area contributed by atoms with Crippen molar-refractivity contribution in [3.8, 4) is 0 Å². The first-order chi connectivity index (χ1) is 10.0. The molecule has 0 aliphatic carbocycles. The van der Waals surface area contributed by atoms with Gasteiger partial charge in [0.25, 0.3) is 0 Å². The van der Waals surface area contributed by atoms with Crippen LogP contribution in [0.25, 0.3) is 0 Å². The molecule has 1 heterocycles. The Bertz CT molecular complexity index is 523. The number of rotatable bonds is 8. The van der Waals surface area contributed by atoms with Gasteiger partial charge in [-0.15, -0.1) is 0 Å². The summed E-state index contributed by atoms with van der Waals surface area (Å²) in [5, 5.41) is 0. The molecule has 0 spiro atoms. The van der Waals surface area contributed by atoms with E-state index in [1.54, 1.807) is 6.20 Å². The van der Waals surface area contributed by atoms with E-state index in [1.807, 2.05) is 4.90 Å². The van der Waals surface area contributed by atoms with Crippen molar-refractivity contribution in [3.05, 3.63) is 12.4 Å². The average Bonchev–Trinajstić information content (AvgIpc) is 2.80. The Balaban J connectivity index is 0.000000763. The first-order valence-corrected chi connectivity index (χ1v) is 9.70. The van der Waals surface area contributed by atoms with Gasteiger partial charge < -0.3 is 4.90 Å². The fourth-order valence-corrected chi connectivity index (χ4v) is 2.33. The fourth-order valence-electron chi connectivity index (χ4n) is 1.83. The summed E-state index contributed by atoms with van der Waals surface area (Å²) in [5.41, 5.74) is 0. The van der Waals surface area contributed by atoms with Gasteiger partial charge in [0.05, 0.1) is 0 Å². The zero-order valence-corrected chi connectivity index (χ0v) is 14.1. The van der Waals surface area contributed by atoms with Crippen LogP contribution >= 0.6 is 0 Å². The second-order valence-electron chi connectivity index (χ2n) is 4.83. The van der Waals surface area contributed by atoms with Crippen molar-refractivity contribution in [1.29, 1.82) is 0 Å². The molecule has 0 amide bonds. The van der Waals surface area contributed by atoms with E-state index in [2.05, 4.69) is 6.92 Å². The van der Waals surface area contributed by atoms with Gasteiger partial charge in [-0.1, -0.05) is 39.0 Å². The van der Waals surface area contributed by atoms with Gasteiger partial charge in [0.15, 0.2) is 0 Å². The average molecular weight is 360 g/mol. The van der Waals surface area contributed by atoms with Gasteiger partial charge in [-0.05, 0) is 6.42 Å². The van der Waals surface area contributed by atoms with Crippen molar-refractivity contribution in [2.75, 3.05) is 13.2 Å². The van der Waals surface area contributed by atoms with Crippen LogP contribution in [0.3, 0.4) is 0 Å². The Morgan fingerprint density at radius 1 is 0.909 bits per heavy atom. The van der Waals surface area contributed by atoms with Crippen LogP contribution in [0.1, 0.15) is 45.4 Å². The van der Waals surface area contributed by atoms with E-state index >= 15 is 0 Å². The van der Waals surface area contributed by atoms with E-state index in [0.717, 1.165) is 17.3 Å². The van der Waals surface area contributed by atoms with Crippen molar-refractivity contribution in [3.63, 3.8) is 0 Å². The zero-order chi connectivity index (χ0) is 17.2. The molecular weight excluding hydrogens is 336 g/mol. The Kier molecular flexibility index (Phi) is 9.60. The number of nitrogens with zero attached hydrogens (tertiary/aromatic N) is 2. The Morgan fingerprint density at radius 3 is 1.86 bits per heavy atom. The molecule has 1 rings (SSSR count). The van der Waals surface area contributed by atoms with Gasteiger partial charge in [0.2, 0.25) is 0 Å². The van der Waals surface area contributed by atoms with E-state index in [0.29, 0.717) is 0 Å². The van der Waals surface area contributed by atoms with Crippen molar-refractivity contribution in [2.45, 2.75) is 45.4 Å². The van der Waals surface area contributed by atoms with Crippen LogP contribution in [0.2, 0.25) is 0 Å². The molecule has 0 aromatic rings. The molecule has 0 aromatic carbocycles. The van der Waals surface area contributed by atoms with Crippen LogP contribution in [0.4, 0.5) is 0 Å². The van der Waals surface area contributed by atoms with Crippen LogP contribution in [-0.2, 0) is 20.7 Å². The summed E-state index contributed by atoms with van der Waals surface area (Å²) in [4.78, 5) is 1.90. The highest BCUT2D eigenvalue weighted by molar-refractivity contribution is 7.83. The topological polar surface area (TPSA) is 135 Å². The van der Waals surface area contributed by atoms with Crippen molar-refractivity contribution < 1.29 is 30.5 Å². The molecule has 3 N–H and O–H groups in total. The summed E-state index contributed by atoms with van der Waals surface area (Å²) in [6, 6.07) is 0. The highest BCUT2D eigenvalue weighted by Crippen LogP contribution is 2.12. The molecule has 0 aromatic heterocycles. The van der Waals surface area contributed by atoms with Gasteiger partial charge in [0.1, 0.15) is 6.67 Å². The Labute approximate surface area is 132 Å². The summed E-state index contributed by atoms with van der Waals surface area (Å²) in [7, 11) is -8.74. The molecule has 0 radical (unpaired) electrons. The van der Waals surface area contributed by atoms with Gasteiger partial charge in [-0.25, -0.2) is 4.31 Å². The first kappa shape index (κ1) is 21.1. The smallest absolute Gasteiger partial charge is 0.357 e. The van der Waals surface area contributed by atoms with E-state index in [-0.39, 0.29) is 6.67 Å². The molecular formula is C11H24N2O7S2. The van der Waals surface area contributed by atoms with Gasteiger partial charge >= 0.3 is 20.7 Å². The van der Waals surface area contributed by atoms with Crippen LogP contribution in [0.5, 0.6) is 0 Å². The third-order valence-corrected chi connectivity index (χ3v) is 3.69. The van der Waals surface area contributed by atoms with Crippen LogP contribution in [-0.4, -0.2) is 52.9 Å². The van der Waals surface area contributed by atoms with Crippen molar-refractivity contribution in [1.82, 2.24) is 9.21 Å². The van der Waals surface area contributed by atoms with Crippen LogP contribution in [0.15, 0.2) is 12.4 Å². The van der Waals surface area contributed by atoms with E-state index in [4.69, 9.17) is 22.1 Å². The highest BCUT2D eigenvalue weighted by Gasteiger charge is 2.21. The third-order valence-electron chi connectivity index (χ3n) is 2.86. The molecule has 132 valence electrons. The van der Waals surface area contributed by atoms with Crippen molar-refractivity contribution in [2.24, 2.45) is 0 Å². The summed E-state index contributed by atoms with van der Waals surface area (Å²) in [6.07, 6.45) is 10.4. The molecule has 0 atom stereocenters. The van der Waals surface area contributed by atoms with Crippen LogP contribution in [0, 0.1) is 0 Å². The number of hydrogen-bond donors (Lipinski definition) is 3. The van der Waals surface area contributed by atoms with E-state index < -0.39 is 20.7 Å². The highest BCUT2D eigenvalue weighted by atomic mass is 32.3. The molecule has 0 bridgehead atoms. The molecule has 0 unspecified atom stereocenters. The Hall–Kier alpha value is -0.880. The lowest BCUT2D eigenvalue weighted by Gasteiger charge is -2.18. The predicted octanol–water partition coefficient (Wildman–Crippen LogP) is 1.54. The molecule has 22 heavy (non-hydrogen) atoms. The minimum Gasteiger partial charge on any atom is -0.357 e. The number of unbranched alkanes of at least 4 members (excludes halogenated alkanes) is 5. The first-order valence-electron chi connectivity index (χ1n) is 6.90. The minimum absolute atomic E-state index is 0.230. The summed E-state index contributed by atoms with van der Waals surface area (Å²) in [6.45, 7) is 3.27. The standard InChI is InChI=1S/C11H22N2O3S.H2O4S/c1-2-3-4-5-6-7-8-12-9-10-13(11-12)17(14,15)16;1-5(2,3)4/h9-10H,2-8,11H2,1H3,(H,14,15,16);(H2,1,2,3,4). The monoisotopic (exact) mass is 360 g/mol. The quantitative estimate of drug-likeness (QED) is 0.438. The molecule has 11 heteroatoms. The maximum atomic E-state index is 10.8. The lowest BCUT2D eigenvalue weighted by atomic mass is 10.1. The van der Waals surface area contributed by atoms with E-state index in [9.17, 15) is 8.42 Å². The molecule has 1 aliphatic rings. The van der Waals surface area contributed by atoms with E-state index in [1.165, 1.54) is 38.3 Å². The molecule has 0 fully saturated rings. The third kappa shape index (κ3) is 12.8. The predicted molar refractivity (Wildman–Crippen MR) is 81.7 cm³/mol. The number of hydrogen-bond acceptors (Lipinski definition) is 5. The molecule has 0 saturated carbocycles. The van der Waals surface area contributed by atoms with Crippen LogP contribution < -0.4 is 0 Å². The summed E-state index contributed by atoms with van der Waals surface area (Å²) < 4.78 is 63.0. The van der Waals surface area contributed by atoms with Crippen molar-refractivity contribution >= 4 is 20.7 Å². The lowest BCUT2D eigenvalue weighted by molar-refractivity contribution is 0.307. The normalized spacial score (nSPS) is 14.9. The second kappa shape index (κ2) is 10.0. The summed E-state index contributed by atoms with van der Waals surface area (Å²) >= 11 is 0. The van der Waals surface area contributed by atoms with Gasteiger partial charge in [-0.3, -0.25) is 13.7 Å². The summed E-state index contributed by atoms with van der Waals surface area (Å²) in [5.74, 6) is 0. The maximum Gasteiger partial charge on any atom is 0.394 e. The van der Waals surface area contributed by atoms with Gasteiger partial charge in [-0.2, -0.15) is 16.8 Å². The molecule has 0 saturated heterocycles. The van der Waals surface area contributed by atoms with Gasteiger partial charge in [0, 0.05) is 18.9 Å². The SMILES string of the molecule is CCCCCCCCN1C=CN(S(=O)(=O)O)C1.O=S(=O)(O)O. The maximum absolute atomic E-state index is 10.8. The fraction of sp³-hybridized carbons (Fsp3) is 0.818. The lowest BCUT2D eigenvalue weighted by Crippen LogP contribution is -2.30. The zero-order valence-electron chi connectivity index (χ0n) is 12.5. The molecule has 1 aliphatic heterocycles. The second-order valence-corrected chi connectivity index (χ2v) is 7.09. The molecule has 9 nitrogen and oxygen atoms in total. The largest absolute Gasteiger partial charge is 0.394 e. The Morgan fingerprint density at radius 2 is 1.41 bits per heavy atom.